The van der Waals surface area contributed by atoms with E-state index in [1.165, 1.54) is 0 Å². The predicted molar refractivity (Wildman–Crippen MR) is 85.0 cm³/mol. The zero-order valence-electron chi connectivity index (χ0n) is 12.2. The number of benzene rings is 2. The number of carbonyl (C=O) groups is 1. The highest BCUT2D eigenvalue weighted by molar-refractivity contribution is 7.89. The molecule has 2 aromatic rings. The highest BCUT2D eigenvalue weighted by Gasteiger charge is 2.08. The third-order valence-electron chi connectivity index (χ3n) is 2.86. The zero-order chi connectivity index (χ0) is 16.0. The third kappa shape index (κ3) is 5.21. The Morgan fingerprint density at radius 3 is 2.18 bits per heavy atom. The summed E-state index contributed by atoms with van der Waals surface area (Å²) in [5, 5.41) is 0. The molecule has 0 saturated carbocycles. The van der Waals surface area contributed by atoms with Gasteiger partial charge in [-0.3, -0.25) is 9.52 Å². The molecule has 0 atom stereocenters. The van der Waals surface area contributed by atoms with Gasteiger partial charge in [-0.15, -0.1) is 0 Å². The number of carbonyl (C=O) groups excluding carboxylic acids is 1. The minimum atomic E-state index is -3.51. The van der Waals surface area contributed by atoms with Crippen molar-refractivity contribution in [1.29, 1.82) is 0 Å². The van der Waals surface area contributed by atoms with Crippen LogP contribution in [0.5, 0.6) is 5.75 Å². The van der Waals surface area contributed by atoms with Crippen LogP contribution in [0.3, 0.4) is 0 Å². The van der Waals surface area contributed by atoms with Gasteiger partial charge < -0.3 is 4.74 Å². The van der Waals surface area contributed by atoms with Gasteiger partial charge in [0.1, 0.15) is 5.75 Å². The van der Waals surface area contributed by atoms with Gasteiger partial charge in [0.2, 0.25) is 15.9 Å². The van der Waals surface area contributed by atoms with Gasteiger partial charge in [-0.05, 0) is 23.3 Å². The highest BCUT2D eigenvalue weighted by atomic mass is 32.2. The van der Waals surface area contributed by atoms with Crippen molar-refractivity contribution in [3.63, 3.8) is 0 Å². The summed E-state index contributed by atoms with van der Waals surface area (Å²) >= 11 is 0. The SMILES string of the molecule is CS(=O)(=O)NC(=O)CCOc1ccc(-c2ccccc2)cc1. The molecule has 0 spiro atoms. The molecule has 0 aliphatic carbocycles. The minimum Gasteiger partial charge on any atom is -0.493 e. The lowest BCUT2D eigenvalue weighted by molar-refractivity contribution is -0.119. The lowest BCUT2D eigenvalue weighted by Gasteiger charge is -2.07. The number of hydrogen-bond acceptors (Lipinski definition) is 4. The molecule has 116 valence electrons. The maximum absolute atomic E-state index is 11.3. The fraction of sp³-hybridized carbons (Fsp3) is 0.188. The standard InChI is InChI=1S/C16H17NO4S/c1-22(19,20)17-16(18)11-12-21-15-9-7-14(8-10-15)13-5-3-2-4-6-13/h2-10H,11-12H2,1H3,(H,17,18). The van der Waals surface area contributed by atoms with Crippen molar-refractivity contribution >= 4 is 15.9 Å². The summed E-state index contributed by atoms with van der Waals surface area (Å²) in [6.45, 7) is 0.117. The van der Waals surface area contributed by atoms with E-state index in [-0.39, 0.29) is 13.0 Å². The van der Waals surface area contributed by atoms with E-state index in [0.29, 0.717) is 5.75 Å². The Kier molecular flexibility index (Phi) is 5.16. The Labute approximate surface area is 130 Å². The topological polar surface area (TPSA) is 72.5 Å². The van der Waals surface area contributed by atoms with Gasteiger partial charge in [-0.25, -0.2) is 8.42 Å². The minimum absolute atomic E-state index is 0.0203. The molecule has 2 aromatic carbocycles. The number of hydrogen-bond donors (Lipinski definition) is 1. The first-order valence-electron chi connectivity index (χ1n) is 6.73. The second-order valence-electron chi connectivity index (χ2n) is 4.79. The summed E-state index contributed by atoms with van der Waals surface area (Å²) in [5.74, 6) is 0.0512. The van der Waals surface area contributed by atoms with Crippen molar-refractivity contribution < 1.29 is 17.9 Å². The van der Waals surface area contributed by atoms with Crippen LogP contribution in [0.2, 0.25) is 0 Å². The van der Waals surface area contributed by atoms with Gasteiger partial charge in [0.05, 0.1) is 19.3 Å². The highest BCUT2D eigenvalue weighted by Crippen LogP contribution is 2.22. The second kappa shape index (κ2) is 7.09. The molecule has 0 saturated heterocycles. The van der Waals surface area contributed by atoms with Gasteiger partial charge >= 0.3 is 0 Å². The van der Waals surface area contributed by atoms with Gasteiger partial charge in [-0.1, -0.05) is 42.5 Å². The van der Waals surface area contributed by atoms with E-state index in [1.54, 1.807) is 0 Å². The first-order chi connectivity index (χ1) is 10.4. The normalized spacial score (nSPS) is 11.0. The number of amides is 1. The maximum Gasteiger partial charge on any atom is 0.236 e. The molecule has 0 heterocycles. The van der Waals surface area contributed by atoms with Crippen LogP contribution in [-0.2, 0) is 14.8 Å². The molecule has 5 nitrogen and oxygen atoms in total. The first kappa shape index (κ1) is 16.0. The van der Waals surface area contributed by atoms with Crippen LogP contribution in [0.4, 0.5) is 0 Å². The Bertz CT molecular complexity index is 725. The molecule has 6 heteroatoms. The van der Waals surface area contributed by atoms with Crippen LogP contribution in [0.25, 0.3) is 11.1 Å². The summed E-state index contributed by atoms with van der Waals surface area (Å²) in [5.41, 5.74) is 2.18. The van der Waals surface area contributed by atoms with E-state index in [0.717, 1.165) is 17.4 Å². The van der Waals surface area contributed by atoms with Crippen molar-refractivity contribution in [3.8, 4) is 16.9 Å². The number of sulfonamides is 1. The van der Waals surface area contributed by atoms with E-state index >= 15 is 0 Å². The molecular weight excluding hydrogens is 302 g/mol. The third-order valence-corrected chi connectivity index (χ3v) is 3.46. The van der Waals surface area contributed by atoms with E-state index < -0.39 is 15.9 Å². The molecule has 1 amide bonds. The molecule has 22 heavy (non-hydrogen) atoms. The van der Waals surface area contributed by atoms with E-state index in [1.807, 2.05) is 59.3 Å². The van der Waals surface area contributed by atoms with Crippen LogP contribution in [0.15, 0.2) is 54.6 Å². The molecule has 0 bridgehead atoms. The van der Waals surface area contributed by atoms with Crippen LogP contribution < -0.4 is 9.46 Å². The van der Waals surface area contributed by atoms with Crippen LogP contribution in [-0.4, -0.2) is 27.2 Å². The average molecular weight is 319 g/mol. The quantitative estimate of drug-likeness (QED) is 0.886. The summed E-state index contributed by atoms with van der Waals surface area (Å²) in [4.78, 5) is 11.3. The molecular formula is C16H17NO4S. The Hall–Kier alpha value is -2.34. The summed E-state index contributed by atoms with van der Waals surface area (Å²) in [7, 11) is -3.51. The fourth-order valence-electron chi connectivity index (χ4n) is 1.89. The lowest BCUT2D eigenvalue weighted by atomic mass is 10.1. The Balaban J connectivity index is 1.86. The van der Waals surface area contributed by atoms with Crippen molar-refractivity contribution in [1.82, 2.24) is 4.72 Å². The second-order valence-corrected chi connectivity index (χ2v) is 6.53. The average Bonchev–Trinajstić information content (AvgIpc) is 2.47. The van der Waals surface area contributed by atoms with E-state index in [4.69, 9.17) is 4.74 Å². The molecule has 0 aliphatic heterocycles. The van der Waals surface area contributed by atoms with Crippen LogP contribution >= 0.6 is 0 Å². The smallest absolute Gasteiger partial charge is 0.236 e. The van der Waals surface area contributed by atoms with Gasteiger partial charge in [0.15, 0.2) is 0 Å². The van der Waals surface area contributed by atoms with Gasteiger partial charge in [-0.2, -0.15) is 0 Å². The molecule has 0 radical (unpaired) electrons. The molecule has 2 rings (SSSR count). The molecule has 0 fully saturated rings. The molecule has 0 aromatic heterocycles. The Morgan fingerprint density at radius 2 is 1.59 bits per heavy atom. The molecule has 0 aliphatic rings. The van der Waals surface area contributed by atoms with Crippen LogP contribution in [0.1, 0.15) is 6.42 Å². The van der Waals surface area contributed by atoms with Crippen molar-refractivity contribution in [2.75, 3.05) is 12.9 Å². The number of ether oxygens (including phenoxy) is 1. The molecule has 1 N–H and O–H groups in total. The van der Waals surface area contributed by atoms with Gasteiger partial charge in [0, 0.05) is 0 Å². The van der Waals surface area contributed by atoms with Crippen molar-refractivity contribution in [2.45, 2.75) is 6.42 Å². The molecule has 0 unspecified atom stereocenters. The summed E-state index contributed by atoms with van der Waals surface area (Å²) in [6, 6.07) is 17.4. The first-order valence-corrected chi connectivity index (χ1v) is 8.62. The zero-order valence-corrected chi connectivity index (χ0v) is 13.0. The fourth-order valence-corrected chi connectivity index (χ4v) is 2.41. The largest absolute Gasteiger partial charge is 0.493 e. The van der Waals surface area contributed by atoms with Crippen molar-refractivity contribution in [3.05, 3.63) is 54.6 Å². The maximum atomic E-state index is 11.3. The summed E-state index contributed by atoms with van der Waals surface area (Å²) < 4.78 is 29.1. The lowest BCUT2D eigenvalue weighted by Crippen LogP contribution is -2.30. The van der Waals surface area contributed by atoms with Gasteiger partial charge in [0.25, 0.3) is 0 Å². The Morgan fingerprint density at radius 1 is 1.00 bits per heavy atom. The van der Waals surface area contributed by atoms with E-state index in [2.05, 4.69) is 0 Å². The number of nitrogens with one attached hydrogen (secondary N) is 1. The van der Waals surface area contributed by atoms with Crippen molar-refractivity contribution in [2.24, 2.45) is 0 Å². The summed E-state index contributed by atoms with van der Waals surface area (Å²) in [6.07, 6.45) is 0.918. The van der Waals surface area contributed by atoms with Crippen LogP contribution in [0, 0.1) is 0 Å². The predicted octanol–water partition coefficient (Wildman–Crippen LogP) is 2.20. The monoisotopic (exact) mass is 319 g/mol. The number of rotatable bonds is 6. The van der Waals surface area contributed by atoms with E-state index in [9.17, 15) is 13.2 Å².